The van der Waals surface area contributed by atoms with Gasteiger partial charge in [0.2, 0.25) is 5.91 Å². The molecule has 0 atom stereocenters. The van der Waals surface area contributed by atoms with Gasteiger partial charge in [0, 0.05) is 13.1 Å². The summed E-state index contributed by atoms with van der Waals surface area (Å²) in [7, 11) is -1.23. The zero-order chi connectivity index (χ0) is 27.8. The quantitative estimate of drug-likeness (QED) is 0.252. The molecule has 4 aromatic carbocycles. The maximum absolute atomic E-state index is 14.1. The van der Waals surface area contributed by atoms with Crippen molar-refractivity contribution >= 4 is 21.6 Å². The molecule has 0 spiro atoms. The first-order valence-corrected chi connectivity index (χ1v) is 13.9. The molecule has 0 N–H and O–H groups in total. The molecule has 8 heteroatoms. The molecule has 0 bridgehead atoms. The highest BCUT2D eigenvalue weighted by molar-refractivity contribution is 7.93. The van der Waals surface area contributed by atoms with E-state index >= 15 is 0 Å². The number of hydrogen-bond acceptors (Lipinski definition) is 5. The van der Waals surface area contributed by atoms with E-state index in [0.29, 0.717) is 24.5 Å². The lowest BCUT2D eigenvalue weighted by atomic mass is 10.1. The molecule has 7 nitrogen and oxygen atoms in total. The summed E-state index contributed by atoms with van der Waals surface area (Å²) in [6.45, 7) is 2.08. The van der Waals surface area contributed by atoms with E-state index in [2.05, 4.69) is 0 Å². The van der Waals surface area contributed by atoms with Gasteiger partial charge in [-0.2, -0.15) is 0 Å². The maximum Gasteiger partial charge on any atom is 0.268 e. The van der Waals surface area contributed by atoms with Crippen molar-refractivity contribution in [2.24, 2.45) is 0 Å². The number of anilines is 1. The number of ether oxygens (including phenoxy) is 2. The van der Waals surface area contributed by atoms with Gasteiger partial charge >= 0.3 is 0 Å². The molecule has 0 saturated heterocycles. The molecule has 0 unspecified atom stereocenters. The van der Waals surface area contributed by atoms with Crippen LogP contribution in [0.2, 0.25) is 0 Å². The third-order valence-corrected chi connectivity index (χ3v) is 8.11. The number of aryl methyl sites for hydroxylation is 1. The second-order valence-corrected chi connectivity index (χ2v) is 10.9. The number of rotatable bonds is 11. The molecule has 202 valence electrons. The summed E-state index contributed by atoms with van der Waals surface area (Å²) >= 11 is 0. The van der Waals surface area contributed by atoms with Gasteiger partial charge in [0.1, 0.15) is 22.9 Å². The van der Waals surface area contributed by atoms with Crippen LogP contribution in [0.15, 0.2) is 108 Å². The summed E-state index contributed by atoms with van der Waals surface area (Å²) in [6.07, 6.45) is 0. The fourth-order valence-corrected chi connectivity index (χ4v) is 5.89. The summed E-state index contributed by atoms with van der Waals surface area (Å²) in [5.74, 6) is 0.441. The Bertz CT molecular complexity index is 1450. The van der Waals surface area contributed by atoms with Crippen molar-refractivity contribution in [1.82, 2.24) is 4.90 Å². The van der Waals surface area contributed by atoms with E-state index in [1.54, 1.807) is 47.4 Å². The zero-order valence-corrected chi connectivity index (χ0v) is 23.1. The minimum absolute atomic E-state index is 0.00807. The Hall–Kier alpha value is -4.30. The van der Waals surface area contributed by atoms with Gasteiger partial charge in [0.05, 0.1) is 19.9 Å². The Morgan fingerprint density at radius 1 is 0.744 bits per heavy atom. The van der Waals surface area contributed by atoms with Crippen LogP contribution in [-0.2, 0) is 27.9 Å². The van der Waals surface area contributed by atoms with Crippen LogP contribution in [-0.4, -0.2) is 40.0 Å². The highest BCUT2D eigenvalue weighted by atomic mass is 32.2. The Kier molecular flexibility index (Phi) is 8.88. The highest BCUT2D eigenvalue weighted by Crippen LogP contribution is 2.32. The summed E-state index contributed by atoms with van der Waals surface area (Å²) < 4.78 is 40.1. The molecule has 4 rings (SSSR count). The molecule has 0 fully saturated rings. The van der Waals surface area contributed by atoms with E-state index in [-0.39, 0.29) is 16.6 Å². The molecule has 0 radical (unpaired) electrons. The third-order valence-electron chi connectivity index (χ3n) is 6.31. The number of benzene rings is 4. The smallest absolute Gasteiger partial charge is 0.268 e. The summed E-state index contributed by atoms with van der Waals surface area (Å²) in [4.78, 5) is 15.6. The first-order valence-electron chi connectivity index (χ1n) is 12.5. The van der Waals surface area contributed by atoms with E-state index in [9.17, 15) is 13.2 Å². The van der Waals surface area contributed by atoms with Gasteiger partial charge in [0.25, 0.3) is 10.0 Å². The van der Waals surface area contributed by atoms with Crippen LogP contribution in [0, 0.1) is 6.92 Å². The molecule has 0 aliphatic carbocycles. The molecule has 39 heavy (non-hydrogen) atoms. The summed E-state index contributed by atoms with van der Waals surface area (Å²) in [6, 6.07) is 30.8. The van der Waals surface area contributed by atoms with Crippen LogP contribution >= 0.6 is 0 Å². The van der Waals surface area contributed by atoms with Crippen molar-refractivity contribution in [3.05, 3.63) is 120 Å². The normalized spacial score (nSPS) is 11.1. The van der Waals surface area contributed by atoms with Crippen molar-refractivity contribution in [1.29, 1.82) is 0 Å². The van der Waals surface area contributed by atoms with Crippen LogP contribution < -0.4 is 13.8 Å². The highest BCUT2D eigenvalue weighted by Gasteiger charge is 2.31. The Morgan fingerprint density at radius 3 is 1.82 bits per heavy atom. The second kappa shape index (κ2) is 12.5. The van der Waals surface area contributed by atoms with Crippen molar-refractivity contribution in [3.63, 3.8) is 0 Å². The van der Waals surface area contributed by atoms with E-state index < -0.39 is 16.6 Å². The van der Waals surface area contributed by atoms with Crippen molar-refractivity contribution in [2.45, 2.75) is 24.9 Å². The lowest BCUT2D eigenvalue weighted by molar-refractivity contribution is -0.130. The van der Waals surface area contributed by atoms with Gasteiger partial charge in [-0.3, -0.25) is 9.10 Å². The SMILES string of the molecule is COc1ccc(N(CC(=O)N(Cc2ccccc2)Cc2ccccc2)S(=O)(=O)c2cc(C)ccc2OC)cc1. The minimum atomic E-state index is -4.19. The Labute approximate surface area is 230 Å². The number of hydrogen-bond donors (Lipinski definition) is 0. The average molecular weight is 545 g/mol. The third kappa shape index (κ3) is 6.78. The average Bonchev–Trinajstić information content (AvgIpc) is 2.96. The largest absolute Gasteiger partial charge is 0.497 e. The monoisotopic (exact) mass is 544 g/mol. The molecule has 0 aliphatic rings. The molecule has 0 aromatic heterocycles. The lowest BCUT2D eigenvalue weighted by Crippen LogP contribution is -2.42. The van der Waals surface area contributed by atoms with Crippen LogP contribution in [0.25, 0.3) is 0 Å². The first-order chi connectivity index (χ1) is 18.8. The molecule has 0 saturated carbocycles. The topological polar surface area (TPSA) is 76.2 Å². The number of carbonyl (C=O) groups is 1. The predicted octanol–water partition coefficient (Wildman–Crippen LogP) is 5.44. The van der Waals surface area contributed by atoms with Gasteiger partial charge in [-0.05, 0) is 60.0 Å². The van der Waals surface area contributed by atoms with Gasteiger partial charge in [-0.1, -0.05) is 66.7 Å². The van der Waals surface area contributed by atoms with Crippen LogP contribution in [0.4, 0.5) is 5.69 Å². The number of amides is 1. The van der Waals surface area contributed by atoms with E-state index in [1.807, 2.05) is 67.6 Å². The molecule has 0 heterocycles. The lowest BCUT2D eigenvalue weighted by Gasteiger charge is -2.29. The van der Waals surface area contributed by atoms with Crippen molar-refractivity contribution < 1.29 is 22.7 Å². The van der Waals surface area contributed by atoms with Crippen LogP contribution in [0.3, 0.4) is 0 Å². The van der Waals surface area contributed by atoms with Gasteiger partial charge in [-0.25, -0.2) is 8.42 Å². The number of methoxy groups -OCH3 is 2. The number of carbonyl (C=O) groups excluding carboxylic acids is 1. The Morgan fingerprint density at radius 2 is 1.31 bits per heavy atom. The zero-order valence-electron chi connectivity index (χ0n) is 22.3. The minimum Gasteiger partial charge on any atom is -0.497 e. The van der Waals surface area contributed by atoms with E-state index in [4.69, 9.17) is 9.47 Å². The predicted molar refractivity (Wildman–Crippen MR) is 152 cm³/mol. The van der Waals surface area contributed by atoms with Crippen molar-refractivity contribution in [3.8, 4) is 11.5 Å². The van der Waals surface area contributed by atoms with Crippen LogP contribution in [0.5, 0.6) is 11.5 Å². The Balaban J connectivity index is 1.74. The van der Waals surface area contributed by atoms with Crippen molar-refractivity contribution in [2.75, 3.05) is 25.1 Å². The fourth-order valence-electron chi connectivity index (χ4n) is 4.23. The molecular weight excluding hydrogens is 512 g/mol. The molecular formula is C31H32N2O5S. The number of sulfonamides is 1. The van der Waals surface area contributed by atoms with E-state index in [1.165, 1.54) is 14.2 Å². The van der Waals surface area contributed by atoms with Gasteiger partial charge in [0.15, 0.2) is 0 Å². The molecule has 4 aromatic rings. The molecule has 1 amide bonds. The fraction of sp³-hybridized carbons (Fsp3) is 0.194. The first kappa shape index (κ1) is 27.7. The summed E-state index contributed by atoms with van der Waals surface area (Å²) in [5.41, 5.74) is 2.99. The maximum atomic E-state index is 14.1. The number of nitrogens with zero attached hydrogens (tertiary/aromatic N) is 2. The van der Waals surface area contributed by atoms with Gasteiger partial charge in [-0.15, -0.1) is 0 Å². The summed E-state index contributed by atoms with van der Waals surface area (Å²) in [5, 5.41) is 0. The standard InChI is InChI=1S/C31H32N2O5S/c1-24-14-19-29(38-3)30(20-24)39(35,36)33(27-15-17-28(37-2)18-16-27)23-31(34)32(21-25-10-6-4-7-11-25)22-26-12-8-5-9-13-26/h4-20H,21-23H2,1-3H3. The molecule has 0 aliphatic heterocycles. The van der Waals surface area contributed by atoms with E-state index in [0.717, 1.165) is 21.0 Å². The second-order valence-electron chi connectivity index (χ2n) is 9.09. The van der Waals surface area contributed by atoms with Crippen LogP contribution in [0.1, 0.15) is 16.7 Å². The van der Waals surface area contributed by atoms with Gasteiger partial charge < -0.3 is 14.4 Å².